The maximum atomic E-state index is 7.37. The zero-order chi connectivity index (χ0) is 33.8. The number of hydrogen-bond acceptors (Lipinski definition) is 2. The molecule has 0 radical (unpaired) electrons. The van der Waals surface area contributed by atoms with Crippen molar-refractivity contribution < 1.29 is 4.74 Å². The lowest BCUT2D eigenvalue weighted by molar-refractivity contribution is -0.0449. The molecule has 0 N–H and O–H groups in total. The van der Waals surface area contributed by atoms with E-state index < -0.39 is 0 Å². The summed E-state index contributed by atoms with van der Waals surface area (Å²) in [5.41, 5.74) is 12.2. The topological polar surface area (TPSA) is 12.5 Å². The van der Waals surface area contributed by atoms with Crippen LogP contribution in [-0.4, -0.2) is 0 Å². The molecule has 1 heterocycles. The number of anilines is 3. The summed E-state index contributed by atoms with van der Waals surface area (Å²) >= 11 is 0. The Morgan fingerprint density at radius 2 is 1.18 bits per heavy atom. The molecule has 1 spiro atoms. The zero-order valence-corrected chi connectivity index (χ0v) is 30.1. The molecule has 50 heavy (non-hydrogen) atoms. The van der Waals surface area contributed by atoms with E-state index in [1.165, 1.54) is 84.0 Å². The second-order valence-corrected chi connectivity index (χ2v) is 17.6. The minimum absolute atomic E-state index is 0.0665. The van der Waals surface area contributed by atoms with Crippen LogP contribution in [0, 0.1) is 23.7 Å². The van der Waals surface area contributed by atoms with Crippen LogP contribution >= 0.6 is 0 Å². The second-order valence-electron chi connectivity index (χ2n) is 17.6. The van der Waals surface area contributed by atoms with E-state index in [0.29, 0.717) is 11.8 Å². The van der Waals surface area contributed by atoms with Crippen LogP contribution in [0.25, 0.3) is 11.1 Å². The molecule has 2 heteroatoms. The Hall–Kier alpha value is -4.30. The highest BCUT2D eigenvalue weighted by Gasteiger charge is 2.62. The van der Waals surface area contributed by atoms with Crippen LogP contribution in [0.2, 0.25) is 0 Å². The first-order valence-electron chi connectivity index (χ1n) is 19.2. The van der Waals surface area contributed by atoms with Crippen molar-refractivity contribution >= 4 is 17.1 Å². The van der Waals surface area contributed by atoms with Crippen LogP contribution in [0.3, 0.4) is 0 Å². The van der Waals surface area contributed by atoms with E-state index in [4.69, 9.17) is 4.74 Å². The van der Waals surface area contributed by atoms with E-state index in [2.05, 4.69) is 148 Å². The van der Waals surface area contributed by atoms with E-state index in [1.807, 2.05) is 0 Å². The van der Waals surface area contributed by atoms with Crippen molar-refractivity contribution in [3.05, 3.63) is 138 Å². The summed E-state index contributed by atoms with van der Waals surface area (Å²) in [4.78, 5) is 2.50. The highest BCUT2D eigenvalue weighted by Crippen LogP contribution is 2.71. The predicted octanol–water partition coefficient (Wildman–Crippen LogP) is 13.0. The van der Waals surface area contributed by atoms with Crippen molar-refractivity contribution in [2.75, 3.05) is 4.90 Å². The average Bonchev–Trinajstić information content (AvgIpc) is 3.13. The third-order valence-electron chi connectivity index (χ3n) is 14.0. The fourth-order valence-electron chi connectivity index (χ4n) is 11.8. The molecule has 5 aromatic rings. The fraction of sp³-hybridized carbons (Fsp3) is 0.375. The minimum atomic E-state index is -0.0665. The summed E-state index contributed by atoms with van der Waals surface area (Å²) in [6.45, 7) is 9.71. The fourth-order valence-corrected chi connectivity index (χ4v) is 11.8. The Bertz CT molecular complexity index is 2080. The van der Waals surface area contributed by atoms with Gasteiger partial charge < -0.3 is 9.64 Å². The van der Waals surface area contributed by atoms with Gasteiger partial charge in [0.2, 0.25) is 0 Å². The van der Waals surface area contributed by atoms with E-state index in [1.54, 1.807) is 0 Å². The van der Waals surface area contributed by atoms with Gasteiger partial charge in [-0.05, 0) is 138 Å². The Balaban J connectivity index is 1.27. The molecule has 4 bridgehead atoms. The Labute approximate surface area is 298 Å². The number of rotatable bonds is 4. The van der Waals surface area contributed by atoms with E-state index in [-0.39, 0.29) is 16.2 Å². The normalized spacial score (nSPS) is 27.6. The van der Waals surface area contributed by atoms with Crippen molar-refractivity contribution in [2.24, 2.45) is 23.7 Å². The molecule has 0 amide bonds. The van der Waals surface area contributed by atoms with Crippen LogP contribution in [0.5, 0.6) is 11.5 Å². The molecular formula is C48H49NO. The number of hydrogen-bond donors (Lipinski definition) is 0. The first kappa shape index (κ1) is 30.5. The lowest BCUT2D eigenvalue weighted by Gasteiger charge is -2.63. The van der Waals surface area contributed by atoms with Crippen molar-refractivity contribution in [2.45, 2.75) is 88.9 Å². The number of para-hydroxylation sites is 2. The maximum Gasteiger partial charge on any atom is 0.156 e. The molecule has 4 saturated carbocycles. The maximum absolute atomic E-state index is 7.37. The quantitative estimate of drug-likeness (QED) is 0.191. The first-order chi connectivity index (χ1) is 24.2. The van der Waals surface area contributed by atoms with Crippen molar-refractivity contribution in [3.63, 3.8) is 0 Å². The average molecular weight is 656 g/mol. The molecule has 6 aliphatic rings. The van der Waals surface area contributed by atoms with Crippen LogP contribution in [0.4, 0.5) is 17.1 Å². The predicted molar refractivity (Wildman–Crippen MR) is 206 cm³/mol. The number of benzene rings is 5. The highest BCUT2D eigenvalue weighted by atomic mass is 16.5. The lowest BCUT2D eigenvalue weighted by atomic mass is 9.41. The smallest absolute Gasteiger partial charge is 0.156 e. The van der Waals surface area contributed by atoms with Gasteiger partial charge in [-0.2, -0.15) is 0 Å². The summed E-state index contributed by atoms with van der Waals surface area (Å²) in [5, 5.41) is 0. The van der Waals surface area contributed by atoms with Gasteiger partial charge in [-0.25, -0.2) is 0 Å². The molecule has 252 valence electrons. The summed E-state index contributed by atoms with van der Waals surface area (Å²) in [5.74, 6) is 5.09. The standard InChI is InChI=1S/C48H49NO/c1-46(2)23-24-47(3,4)41-30-37(19-21-39(41)46)49(36-15-9-6-10-16-36)42-22-20-38(33-13-7-5-8-14-33)44-45(42)50-43-18-12-11-17-40(43)48(44)34-26-31-25-32(28-34)29-35(48)27-31/h5-22,30-32,34-35H,23-29H2,1-4H3. The Morgan fingerprint density at radius 3 is 1.88 bits per heavy atom. The van der Waals surface area contributed by atoms with Crippen molar-refractivity contribution in [1.82, 2.24) is 0 Å². The van der Waals surface area contributed by atoms with Gasteiger partial charge in [0.25, 0.3) is 0 Å². The van der Waals surface area contributed by atoms with Crippen molar-refractivity contribution in [3.8, 4) is 22.6 Å². The third kappa shape index (κ3) is 4.33. The minimum Gasteiger partial charge on any atom is -0.454 e. The van der Waals surface area contributed by atoms with Gasteiger partial charge in [0.15, 0.2) is 5.75 Å². The van der Waals surface area contributed by atoms with E-state index in [9.17, 15) is 0 Å². The largest absolute Gasteiger partial charge is 0.454 e. The molecule has 0 unspecified atom stereocenters. The molecule has 5 aromatic carbocycles. The van der Waals surface area contributed by atoms with E-state index >= 15 is 0 Å². The van der Waals surface area contributed by atoms with Crippen LogP contribution in [-0.2, 0) is 16.2 Å². The molecule has 11 rings (SSSR count). The van der Waals surface area contributed by atoms with Gasteiger partial charge in [-0.1, -0.05) is 107 Å². The van der Waals surface area contributed by atoms with Gasteiger partial charge >= 0.3 is 0 Å². The summed E-state index contributed by atoms with van der Waals surface area (Å²) < 4.78 is 7.37. The van der Waals surface area contributed by atoms with Crippen LogP contribution < -0.4 is 9.64 Å². The van der Waals surface area contributed by atoms with Crippen LogP contribution in [0.15, 0.2) is 115 Å². The lowest BCUT2D eigenvalue weighted by Crippen LogP contribution is -2.57. The van der Waals surface area contributed by atoms with Gasteiger partial charge in [-0.3, -0.25) is 0 Å². The summed E-state index contributed by atoms with van der Waals surface area (Å²) in [6.07, 6.45) is 9.16. The molecule has 5 aliphatic carbocycles. The summed E-state index contributed by atoms with van der Waals surface area (Å²) in [6, 6.07) is 43.4. The molecule has 0 aromatic heterocycles. The number of nitrogens with zero attached hydrogens (tertiary/aromatic N) is 1. The number of ether oxygens (including phenoxy) is 1. The monoisotopic (exact) mass is 655 g/mol. The van der Waals surface area contributed by atoms with Crippen LogP contribution in [0.1, 0.15) is 94.9 Å². The molecule has 0 atom stereocenters. The molecule has 0 saturated heterocycles. The molecule has 2 nitrogen and oxygen atoms in total. The Morgan fingerprint density at radius 1 is 0.560 bits per heavy atom. The molecular weight excluding hydrogens is 607 g/mol. The van der Waals surface area contributed by atoms with Crippen molar-refractivity contribution in [1.29, 1.82) is 0 Å². The highest BCUT2D eigenvalue weighted by molar-refractivity contribution is 5.88. The van der Waals surface area contributed by atoms with Gasteiger partial charge in [0.1, 0.15) is 5.75 Å². The SMILES string of the molecule is CC1(C)CCC(C)(C)c2cc(N(c3ccccc3)c3ccc(-c4ccccc4)c4c3Oc3ccccc3C43C4CC5CC(C4)CC3C5)ccc21. The van der Waals surface area contributed by atoms with E-state index in [0.717, 1.165) is 34.7 Å². The second kappa shape index (κ2) is 10.8. The first-order valence-corrected chi connectivity index (χ1v) is 19.2. The Kier molecular flexibility index (Phi) is 6.62. The molecule has 4 fully saturated rings. The molecule has 1 aliphatic heterocycles. The summed E-state index contributed by atoms with van der Waals surface area (Å²) in [7, 11) is 0. The number of fused-ring (bicyclic) bond motifs is 3. The third-order valence-corrected chi connectivity index (χ3v) is 14.0. The zero-order valence-electron chi connectivity index (χ0n) is 30.1. The van der Waals surface area contributed by atoms with Gasteiger partial charge in [0, 0.05) is 27.9 Å². The van der Waals surface area contributed by atoms with Gasteiger partial charge in [-0.15, -0.1) is 0 Å². The van der Waals surface area contributed by atoms with Gasteiger partial charge in [0.05, 0.1) is 5.69 Å².